The van der Waals surface area contributed by atoms with E-state index in [1.807, 2.05) is 0 Å². The number of unbranched alkanes of at least 4 members (excludes halogenated alkanes) is 3. The molecule has 1 heterocycles. The van der Waals surface area contributed by atoms with Gasteiger partial charge in [-0.25, -0.2) is 4.98 Å². The van der Waals surface area contributed by atoms with E-state index in [2.05, 4.69) is 4.98 Å². The van der Waals surface area contributed by atoms with Gasteiger partial charge in [-0.05, 0) is 62.7 Å². The zero-order chi connectivity index (χ0) is 29.1. The predicted octanol–water partition coefficient (Wildman–Crippen LogP) is 6.35. The van der Waals surface area contributed by atoms with Crippen molar-refractivity contribution in [1.29, 1.82) is 0 Å². The molecule has 0 aliphatic heterocycles. The first kappa shape index (κ1) is 30.4. The van der Waals surface area contributed by atoms with Crippen LogP contribution in [0.3, 0.4) is 0 Å². The van der Waals surface area contributed by atoms with Crippen LogP contribution in [-0.4, -0.2) is 33.4 Å². The number of carbonyl (C=O) groups is 1. The average Bonchev–Trinajstić information content (AvgIpc) is 2.86. The number of nitrogens with two attached hydrogens (primary N) is 1. The summed E-state index contributed by atoms with van der Waals surface area (Å²) in [4.78, 5) is 32.2. The van der Waals surface area contributed by atoms with Gasteiger partial charge >= 0.3 is 12.4 Å². The van der Waals surface area contributed by atoms with Gasteiger partial charge in [0.2, 0.25) is 0 Å². The molecule has 3 aromatic rings. The number of hydrogen-bond acceptors (Lipinski definition) is 4. The second-order valence-electron chi connectivity index (χ2n) is 9.17. The Hall–Kier alpha value is -3.12. The molecule has 1 atom stereocenters. The number of alkyl halides is 6. The number of aromatic nitrogens is 2. The van der Waals surface area contributed by atoms with Crippen molar-refractivity contribution in [2.45, 2.75) is 51.0 Å². The van der Waals surface area contributed by atoms with E-state index in [9.17, 15) is 35.9 Å². The van der Waals surface area contributed by atoms with Crippen LogP contribution >= 0.6 is 11.6 Å². The van der Waals surface area contributed by atoms with E-state index in [0.717, 1.165) is 11.3 Å². The topological polar surface area (TPSA) is 81.2 Å². The highest BCUT2D eigenvalue weighted by atomic mass is 35.5. The number of fused-ring (bicyclic) bond motifs is 1. The maximum Gasteiger partial charge on any atom is 0.416 e. The molecule has 0 bridgehead atoms. The first-order valence-electron chi connectivity index (χ1n) is 12.1. The minimum atomic E-state index is -5.11. The number of rotatable bonds is 9. The Morgan fingerprint density at radius 2 is 1.59 bits per heavy atom. The monoisotopic (exact) mass is 576 g/mol. The molecule has 0 fully saturated rings. The molecule has 0 aliphatic carbocycles. The highest BCUT2D eigenvalue weighted by Crippen LogP contribution is 2.37. The van der Waals surface area contributed by atoms with Crippen molar-refractivity contribution >= 4 is 28.4 Å². The zero-order valence-corrected chi connectivity index (χ0v) is 21.9. The van der Waals surface area contributed by atoms with Gasteiger partial charge in [0, 0.05) is 24.2 Å². The molecule has 212 valence electrons. The summed E-state index contributed by atoms with van der Waals surface area (Å²) in [5.41, 5.74) is 1.32. The molecular weight excluding hydrogens is 550 g/mol. The van der Waals surface area contributed by atoms with E-state index in [4.69, 9.17) is 17.3 Å². The van der Waals surface area contributed by atoms with Crippen LogP contribution < -0.4 is 11.3 Å². The molecule has 0 radical (unpaired) electrons. The van der Waals surface area contributed by atoms with E-state index >= 15 is 0 Å². The molecule has 0 saturated heterocycles. The number of carbonyl (C=O) groups excluding carboxylic acids is 1. The van der Waals surface area contributed by atoms with Crippen molar-refractivity contribution in [2.24, 2.45) is 12.8 Å². The van der Waals surface area contributed by atoms with Crippen LogP contribution in [-0.2, 0) is 19.4 Å². The maximum atomic E-state index is 13.6. The molecule has 3 rings (SSSR count). The van der Waals surface area contributed by atoms with Gasteiger partial charge in [-0.3, -0.25) is 14.2 Å². The second-order valence-corrected chi connectivity index (χ2v) is 9.60. The van der Waals surface area contributed by atoms with Gasteiger partial charge in [0.25, 0.3) is 11.5 Å². The summed E-state index contributed by atoms with van der Waals surface area (Å²) in [7, 11) is 1.42. The lowest BCUT2D eigenvalue weighted by Gasteiger charge is -2.30. The zero-order valence-electron chi connectivity index (χ0n) is 21.2. The Morgan fingerprint density at radius 1 is 1.00 bits per heavy atom. The molecule has 2 aromatic carbocycles. The summed E-state index contributed by atoms with van der Waals surface area (Å²) >= 11 is 6.04. The number of nitrogens with zero attached hydrogens (tertiary/aromatic N) is 3. The number of halogens is 7. The van der Waals surface area contributed by atoms with Gasteiger partial charge in [-0.1, -0.05) is 24.4 Å². The third-order valence-corrected chi connectivity index (χ3v) is 6.60. The molecule has 0 spiro atoms. The molecule has 0 saturated carbocycles. The van der Waals surface area contributed by atoms with E-state index in [1.165, 1.54) is 36.7 Å². The van der Waals surface area contributed by atoms with Crippen LogP contribution in [0.5, 0.6) is 0 Å². The Kier molecular flexibility index (Phi) is 9.32. The number of hydrogen-bond donors (Lipinski definition) is 1. The fraction of sp³-hybridized carbons (Fsp3) is 0.423. The summed E-state index contributed by atoms with van der Waals surface area (Å²) in [6, 6.07) is 4.24. The summed E-state index contributed by atoms with van der Waals surface area (Å²) < 4.78 is 82.0. The summed E-state index contributed by atoms with van der Waals surface area (Å²) in [5.74, 6) is -0.966. The van der Waals surface area contributed by atoms with Crippen LogP contribution in [0.25, 0.3) is 10.9 Å². The predicted molar refractivity (Wildman–Crippen MR) is 135 cm³/mol. The van der Waals surface area contributed by atoms with Crippen LogP contribution in [0.4, 0.5) is 26.3 Å². The smallest absolute Gasteiger partial charge is 0.330 e. The molecule has 39 heavy (non-hydrogen) atoms. The Labute approximate surface area is 225 Å². The maximum absolute atomic E-state index is 13.6. The largest absolute Gasteiger partial charge is 0.416 e. The highest BCUT2D eigenvalue weighted by Gasteiger charge is 2.38. The van der Waals surface area contributed by atoms with Gasteiger partial charge in [0.15, 0.2) is 0 Å². The average molecular weight is 577 g/mol. The fourth-order valence-corrected chi connectivity index (χ4v) is 4.44. The van der Waals surface area contributed by atoms with Crippen molar-refractivity contribution in [1.82, 2.24) is 14.5 Å². The molecule has 13 heteroatoms. The van der Waals surface area contributed by atoms with Crippen molar-refractivity contribution in [3.05, 3.63) is 74.3 Å². The lowest BCUT2D eigenvalue weighted by molar-refractivity contribution is -0.143. The van der Waals surface area contributed by atoms with Crippen molar-refractivity contribution < 1.29 is 31.1 Å². The second kappa shape index (κ2) is 12.0. The van der Waals surface area contributed by atoms with Crippen LogP contribution in [0.15, 0.2) is 41.2 Å². The lowest BCUT2D eigenvalue weighted by atomic mass is 10.0. The van der Waals surface area contributed by atoms with Crippen molar-refractivity contribution in [3.63, 3.8) is 0 Å². The van der Waals surface area contributed by atoms with Crippen LogP contribution in [0, 0.1) is 0 Å². The van der Waals surface area contributed by atoms with Crippen LogP contribution in [0.2, 0.25) is 5.02 Å². The fourth-order valence-electron chi connectivity index (χ4n) is 4.27. The third kappa shape index (κ3) is 7.10. The SMILES string of the molecule is CC(c1nc2cc(Cl)ccc2c(=O)n1C)N(CCCCCCN)C(=O)c1cc(C(F)(F)F)cc(C(F)(F)F)c1. The van der Waals surface area contributed by atoms with E-state index in [1.54, 1.807) is 0 Å². The normalized spacial score (nSPS) is 13.1. The number of amides is 1. The molecule has 1 unspecified atom stereocenters. The van der Waals surface area contributed by atoms with E-state index < -0.39 is 46.6 Å². The summed E-state index contributed by atoms with van der Waals surface area (Å²) in [6.07, 6.45) is -7.78. The molecule has 0 aliphatic rings. The minimum Gasteiger partial charge on any atom is -0.330 e. The lowest BCUT2D eigenvalue weighted by Crippen LogP contribution is -2.38. The molecular formula is C26H27ClF6N4O2. The summed E-state index contributed by atoms with van der Waals surface area (Å²) in [5, 5.41) is 0.559. The number of benzene rings is 2. The molecule has 2 N–H and O–H groups in total. The first-order chi connectivity index (χ1) is 18.1. The van der Waals surface area contributed by atoms with Gasteiger partial charge in [0.1, 0.15) is 5.82 Å². The van der Waals surface area contributed by atoms with Crippen LogP contribution in [0.1, 0.15) is 66.0 Å². The van der Waals surface area contributed by atoms with Crippen molar-refractivity contribution in [2.75, 3.05) is 13.1 Å². The van der Waals surface area contributed by atoms with Gasteiger partial charge in [-0.15, -0.1) is 0 Å². The highest BCUT2D eigenvalue weighted by molar-refractivity contribution is 6.31. The Bertz CT molecular complexity index is 1370. The first-order valence-corrected chi connectivity index (χ1v) is 12.5. The third-order valence-electron chi connectivity index (χ3n) is 6.36. The van der Waals surface area contributed by atoms with E-state index in [0.29, 0.717) is 43.0 Å². The quantitative estimate of drug-likeness (QED) is 0.238. The standard InChI is InChI=1S/C26H27ClF6N4O2/c1-15(22-35-21-14-19(27)7-8-20(21)24(39)36(22)2)37(10-6-4-3-5-9-34)23(38)16-11-17(25(28,29)30)13-18(12-16)26(31,32)33/h7-8,11-15H,3-6,9-10,34H2,1-2H3. The minimum absolute atomic E-state index is 0.00831. The summed E-state index contributed by atoms with van der Waals surface area (Å²) in [6.45, 7) is 1.95. The van der Waals surface area contributed by atoms with Gasteiger partial charge in [0.05, 0.1) is 28.1 Å². The molecule has 1 amide bonds. The Balaban J connectivity index is 2.12. The van der Waals surface area contributed by atoms with Crippen molar-refractivity contribution in [3.8, 4) is 0 Å². The van der Waals surface area contributed by atoms with Gasteiger partial charge < -0.3 is 10.6 Å². The van der Waals surface area contributed by atoms with E-state index in [-0.39, 0.29) is 29.3 Å². The Morgan fingerprint density at radius 3 is 2.15 bits per heavy atom. The molecule has 6 nitrogen and oxygen atoms in total. The van der Waals surface area contributed by atoms with Gasteiger partial charge in [-0.2, -0.15) is 26.3 Å². The molecule has 1 aromatic heterocycles.